The van der Waals surface area contributed by atoms with Crippen LogP contribution in [-0.4, -0.2) is 24.7 Å². The zero-order valence-electron chi connectivity index (χ0n) is 16.5. The predicted octanol–water partition coefficient (Wildman–Crippen LogP) is 4.37. The van der Waals surface area contributed by atoms with Crippen molar-refractivity contribution in [1.82, 2.24) is 9.71 Å². The minimum atomic E-state index is -0.512. The topological polar surface area (TPSA) is 72.5 Å². The number of hydrogen-bond donors (Lipinski definition) is 2. The Kier molecular flexibility index (Phi) is 4.84. The fourth-order valence-corrected chi connectivity index (χ4v) is 4.18. The Morgan fingerprint density at radius 2 is 1.77 bits per heavy atom. The minimum Gasteiger partial charge on any atom is -0.454 e. The van der Waals surface area contributed by atoms with Gasteiger partial charge in [0.05, 0.1) is 5.41 Å². The van der Waals surface area contributed by atoms with Crippen LogP contribution >= 0.6 is 11.9 Å². The molecule has 2 aromatic carbocycles. The van der Waals surface area contributed by atoms with Crippen molar-refractivity contribution < 1.29 is 14.3 Å². The lowest BCUT2D eigenvalue weighted by atomic mass is 9.94. The number of amides is 1. The molecule has 7 heteroatoms. The number of benzene rings is 2. The van der Waals surface area contributed by atoms with E-state index in [9.17, 15) is 4.79 Å². The molecule has 3 aromatic rings. The molecule has 1 saturated carbocycles. The van der Waals surface area contributed by atoms with Crippen LogP contribution in [0.4, 0.5) is 5.82 Å². The quantitative estimate of drug-likeness (QED) is 0.578. The molecule has 1 amide bonds. The highest BCUT2D eigenvalue weighted by atomic mass is 32.2. The molecule has 1 aliphatic heterocycles. The molecule has 2 aliphatic rings. The Labute approximate surface area is 179 Å². The Morgan fingerprint density at radius 1 is 1.00 bits per heavy atom. The fourth-order valence-electron chi connectivity index (χ4n) is 3.67. The summed E-state index contributed by atoms with van der Waals surface area (Å²) in [7, 11) is 1.90. The summed E-state index contributed by atoms with van der Waals surface area (Å²) in [6, 6.07) is 17.8. The molecule has 0 saturated heterocycles. The lowest BCUT2D eigenvalue weighted by Crippen LogP contribution is -2.28. The number of pyridine rings is 1. The van der Waals surface area contributed by atoms with E-state index in [4.69, 9.17) is 9.47 Å². The third-order valence-corrected chi connectivity index (χ3v) is 6.23. The number of anilines is 1. The number of nitrogens with zero attached hydrogens (tertiary/aromatic N) is 1. The number of hydrogen-bond acceptors (Lipinski definition) is 6. The maximum atomic E-state index is 13.0. The van der Waals surface area contributed by atoms with Crippen LogP contribution in [0, 0.1) is 0 Å². The number of nitrogens with one attached hydrogen (secondary N) is 2. The van der Waals surface area contributed by atoms with Crippen LogP contribution in [0.15, 0.2) is 65.7 Å². The molecule has 5 rings (SSSR count). The van der Waals surface area contributed by atoms with Crippen LogP contribution in [0.1, 0.15) is 18.4 Å². The molecule has 0 atom stereocenters. The number of ether oxygens (including phenoxy) is 2. The smallest absolute Gasteiger partial charge is 0.236 e. The largest absolute Gasteiger partial charge is 0.454 e. The van der Waals surface area contributed by atoms with Gasteiger partial charge in [0.15, 0.2) is 11.5 Å². The Hall–Kier alpha value is -3.03. The van der Waals surface area contributed by atoms with E-state index in [1.165, 1.54) is 0 Å². The predicted molar refractivity (Wildman–Crippen MR) is 117 cm³/mol. The highest BCUT2D eigenvalue weighted by Gasteiger charge is 2.51. The van der Waals surface area contributed by atoms with Crippen molar-refractivity contribution in [3.63, 3.8) is 0 Å². The van der Waals surface area contributed by atoms with Crippen LogP contribution < -0.4 is 19.5 Å². The first-order valence-electron chi connectivity index (χ1n) is 9.80. The third kappa shape index (κ3) is 3.51. The van der Waals surface area contributed by atoms with Crippen molar-refractivity contribution in [2.45, 2.75) is 23.2 Å². The van der Waals surface area contributed by atoms with Crippen LogP contribution in [-0.2, 0) is 10.2 Å². The lowest BCUT2D eigenvalue weighted by Gasteiger charge is -2.16. The number of carbonyl (C=O) groups is 1. The van der Waals surface area contributed by atoms with Crippen molar-refractivity contribution >= 4 is 23.7 Å². The average molecular weight is 420 g/mol. The second kappa shape index (κ2) is 7.66. The van der Waals surface area contributed by atoms with Crippen molar-refractivity contribution in [3.05, 3.63) is 66.4 Å². The zero-order chi connectivity index (χ0) is 20.6. The number of aromatic nitrogens is 1. The molecular weight excluding hydrogens is 398 g/mol. The van der Waals surface area contributed by atoms with Crippen LogP contribution in [0.25, 0.3) is 11.1 Å². The van der Waals surface area contributed by atoms with E-state index in [1.807, 2.05) is 37.4 Å². The second-order valence-corrected chi connectivity index (χ2v) is 8.45. The van der Waals surface area contributed by atoms with Crippen LogP contribution in [0.2, 0.25) is 0 Å². The molecule has 0 radical (unpaired) electrons. The zero-order valence-corrected chi connectivity index (χ0v) is 17.3. The van der Waals surface area contributed by atoms with Gasteiger partial charge in [-0.05, 0) is 79.4 Å². The molecule has 0 bridgehead atoms. The van der Waals surface area contributed by atoms with Gasteiger partial charge in [0, 0.05) is 16.7 Å². The Morgan fingerprint density at radius 3 is 2.47 bits per heavy atom. The molecule has 2 heterocycles. The third-order valence-electron chi connectivity index (χ3n) is 5.52. The molecule has 2 N–H and O–H groups in total. The van der Waals surface area contributed by atoms with Gasteiger partial charge >= 0.3 is 0 Å². The molecule has 1 aromatic heterocycles. The van der Waals surface area contributed by atoms with E-state index in [-0.39, 0.29) is 12.7 Å². The number of fused-ring (bicyclic) bond motifs is 1. The molecular formula is C23H21N3O3S. The summed E-state index contributed by atoms with van der Waals surface area (Å²) in [5, 5.41) is 2.98. The molecule has 6 nitrogen and oxygen atoms in total. The molecule has 152 valence electrons. The molecule has 30 heavy (non-hydrogen) atoms. The Bertz CT molecular complexity index is 1080. The summed E-state index contributed by atoms with van der Waals surface area (Å²) in [4.78, 5) is 18.6. The van der Waals surface area contributed by atoms with E-state index in [0.717, 1.165) is 40.2 Å². The van der Waals surface area contributed by atoms with E-state index in [1.54, 1.807) is 18.1 Å². The first kappa shape index (κ1) is 19.0. The van der Waals surface area contributed by atoms with Gasteiger partial charge in [-0.15, -0.1) is 0 Å². The number of rotatable bonds is 6. The summed E-state index contributed by atoms with van der Waals surface area (Å²) >= 11 is 1.57. The maximum Gasteiger partial charge on any atom is 0.236 e. The van der Waals surface area contributed by atoms with Crippen LogP contribution in [0.5, 0.6) is 11.5 Å². The van der Waals surface area contributed by atoms with Gasteiger partial charge in [-0.1, -0.05) is 18.2 Å². The van der Waals surface area contributed by atoms with Gasteiger partial charge in [-0.3, -0.25) is 9.52 Å². The second-order valence-electron chi connectivity index (χ2n) is 7.37. The highest BCUT2D eigenvalue weighted by molar-refractivity contribution is 7.97. The van der Waals surface area contributed by atoms with Crippen LogP contribution in [0.3, 0.4) is 0 Å². The minimum absolute atomic E-state index is 0.0324. The van der Waals surface area contributed by atoms with Crippen molar-refractivity contribution in [3.8, 4) is 22.6 Å². The summed E-state index contributed by atoms with van der Waals surface area (Å²) in [5.41, 5.74) is 2.54. The molecule has 0 unspecified atom stereocenters. The molecule has 0 spiro atoms. The standard InChI is InChI=1S/C23H21N3O3S/c1-24-30-18-6-2-15(3-7-18)16-4-9-21(25-13-16)26-22(27)23(10-11-23)17-5-8-19-20(12-17)29-14-28-19/h2-9,12-13,24H,10-11,14H2,1H3,(H,25,26,27). The van der Waals surface area contributed by atoms with E-state index in [2.05, 4.69) is 39.3 Å². The molecule has 1 aliphatic carbocycles. The first-order chi connectivity index (χ1) is 14.7. The van der Waals surface area contributed by atoms with Gasteiger partial charge < -0.3 is 14.8 Å². The normalized spacial score (nSPS) is 15.6. The van der Waals surface area contributed by atoms with Gasteiger partial charge in [0.1, 0.15) is 5.82 Å². The SMILES string of the molecule is CNSc1ccc(-c2ccc(NC(=O)C3(c4ccc5c(c4)OCO5)CC3)nc2)cc1. The number of carbonyl (C=O) groups excluding carboxylic acids is 1. The monoisotopic (exact) mass is 419 g/mol. The van der Waals surface area contributed by atoms with E-state index >= 15 is 0 Å². The van der Waals surface area contributed by atoms with Crippen molar-refractivity contribution in [2.24, 2.45) is 0 Å². The summed E-state index contributed by atoms with van der Waals surface area (Å²) in [5.74, 6) is 1.95. The maximum absolute atomic E-state index is 13.0. The van der Waals surface area contributed by atoms with Gasteiger partial charge in [0.25, 0.3) is 0 Å². The fraction of sp³-hybridized carbons (Fsp3) is 0.217. The lowest BCUT2D eigenvalue weighted by molar-refractivity contribution is -0.118. The van der Waals surface area contributed by atoms with Gasteiger partial charge in [-0.25, -0.2) is 4.98 Å². The Balaban J connectivity index is 1.29. The van der Waals surface area contributed by atoms with Gasteiger partial charge in [-0.2, -0.15) is 0 Å². The summed E-state index contributed by atoms with van der Waals surface area (Å²) < 4.78 is 13.9. The highest BCUT2D eigenvalue weighted by Crippen LogP contribution is 2.51. The van der Waals surface area contributed by atoms with Gasteiger partial charge in [0.2, 0.25) is 12.7 Å². The molecule has 1 fully saturated rings. The van der Waals surface area contributed by atoms with E-state index < -0.39 is 5.41 Å². The van der Waals surface area contributed by atoms with Crippen molar-refractivity contribution in [2.75, 3.05) is 19.2 Å². The first-order valence-corrected chi connectivity index (χ1v) is 10.6. The van der Waals surface area contributed by atoms with Crippen molar-refractivity contribution in [1.29, 1.82) is 0 Å². The summed E-state index contributed by atoms with van der Waals surface area (Å²) in [6.07, 6.45) is 3.41. The van der Waals surface area contributed by atoms with E-state index in [0.29, 0.717) is 11.6 Å². The summed E-state index contributed by atoms with van der Waals surface area (Å²) in [6.45, 7) is 0.227. The average Bonchev–Trinajstić information content (AvgIpc) is 3.46.